The Morgan fingerprint density at radius 1 is 0.783 bits per heavy atom. The van der Waals surface area contributed by atoms with E-state index in [9.17, 15) is 0 Å². The van der Waals surface area contributed by atoms with Crippen molar-refractivity contribution in [2.45, 2.75) is 57.8 Å². The van der Waals surface area contributed by atoms with Crippen molar-refractivity contribution in [1.82, 2.24) is 20.6 Å². The highest BCUT2D eigenvalue weighted by molar-refractivity contribution is 6.35. The van der Waals surface area contributed by atoms with Crippen LogP contribution in [0.2, 0.25) is 5.02 Å². The van der Waals surface area contributed by atoms with E-state index in [1.165, 1.54) is 0 Å². The Bertz CT molecular complexity index is 1520. The molecule has 4 heterocycles. The van der Waals surface area contributed by atoms with Crippen molar-refractivity contribution in [3.8, 4) is 45.3 Å². The van der Waals surface area contributed by atoms with Crippen molar-refractivity contribution in [2.24, 2.45) is 0 Å². The van der Waals surface area contributed by atoms with Gasteiger partial charge in [-0.3, -0.25) is 4.98 Å². The van der Waals surface area contributed by atoms with E-state index in [2.05, 4.69) is 54.0 Å². The molecule has 8 nitrogen and oxygen atoms in total. The Hall–Kier alpha value is -3.53. The number of hydrogen-bond acceptors (Lipinski definition) is 8. The van der Waals surface area contributed by atoms with E-state index >= 15 is 0 Å². The molecule has 2 N–H and O–H groups in total. The highest BCUT2D eigenvalue weighted by Crippen LogP contribution is 2.40. The molecule has 2 aliphatic rings. The average molecular weight is 643 g/mol. The lowest BCUT2D eigenvalue weighted by Crippen LogP contribution is -2.34. The van der Waals surface area contributed by atoms with Crippen molar-refractivity contribution in [2.75, 3.05) is 40.6 Å². The zero-order valence-electron chi connectivity index (χ0n) is 26.9. The summed E-state index contributed by atoms with van der Waals surface area (Å²) in [4.78, 5) is 9.62. The molecular formula is C37H43ClN4O4. The van der Waals surface area contributed by atoms with Gasteiger partial charge in [0.1, 0.15) is 5.75 Å². The third-order valence-electron chi connectivity index (χ3n) is 9.09. The van der Waals surface area contributed by atoms with Crippen molar-refractivity contribution in [1.29, 1.82) is 0 Å². The summed E-state index contributed by atoms with van der Waals surface area (Å²) in [6, 6.07) is 19.5. The van der Waals surface area contributed by atoms with E-state index in [4.69, 9.17) is 40.5 Å². The summed E-state index contributed by atoms with van der Waals surface area (Å²) in [7, 11) is 3.38. The predicted molar refractivity (Wildman–Crippen MR) is 183 cm³/mol. The summed E-state index contributed by atoms with van der Waals surface area (Å²) in [6.45, 7) is 6.77. The van der Waals surface area contributed by atoms with Crippen molar-refractivity contribution in [3.63, 3.8) is 0 Å². The van der Waals surface area contributed by atoms with Gasteiger partial charge >= 0.3 is 0 Å². The molecule has 0 saturated carbocycles. The predicted octanol–water partition coefficient (Wildman–Crippen LogP) is 6.99. The van der Waals surface area contributed by atoms with Gasteiger partial charge in [0.25, 0.3) is 0 Å². The molecule has 242 valence electrons. The van der Waals surface area contributed by atoms with Gasteiger partial charge in [-0.05, 0) is 61.9 Å². The van der Waals surface area contributed by atoms with Gasteiger partial charge in [0.05, 0.1) is 30.6 Å². The first-order valence-corrected chi connectivity index (χ1v) is 16.5. The molecule has 2 aliphatic heterocycles. The van der Waals surface area contributed by atoms with Crippen molar-refractivity contribution < 1.29 is 18.9 Å². The summed E-state index contributed by atoms with van der Waals surface area (Å²) < 4.78 is 22.5. The molecule has 2 saturated heterocycles. The summed E-state index contributed by atoms with van der Waals surface area (Å²) in [5.74, 6) is 1.44. The first-order valence-electron chi connectivity index (χ1n) is 16.1. The van der Waals surface area contributed by atoms with Crippen LogP contribution in [0.25, 0.3) is 33.6 Å². The molecule has 2 aromatic carbocycles. The van der Waals surface area contributed by atoms with Crippen LogP contribution >= 0.6 is 11.6 Å². The topological polar surface area (TPSA) is 86.8 Å². The number of benzene rings is 2. The number of ether oxygens (including phenoxy) is 4. The minimum atomic E-state index is 0.449. The quantitative estimate of drug-likeness (QED) is 0.181. The minimum absolute atomic E-state index is 0.449. The molecule has 0 bridgehead atoms. The third-order valence-corrected chi connectivity index (χ3v) is 9.47. The first kappa shape index (κ1) is 32.4. The Morgan fingerprint density at radius 2 is 1.43 bits per heavy atom. The number of nitrogens with zero attached hydrogens (tertiary/aromatic N) is 2. The zero-order chi connectivity index (χ0) is 31.9. The van der Waals surface area contributed by atoms with Gasteiger partial charge in [0.15, 0.2) is 0 Å². The molecule has 2 aromatic heterocycles. The number of aromatic nitrogens is 2. The van der Waals surface area contributed by atoms with Crippen molar-refractivity contribution >= 4 is 11.6 Å². The molecule has 0 radical (unpaired) electrons. The molecule has 46 heavy (non-hydrogen) atoms. The molecule has 2 fully saturated rings. The van der Waals surface area contributed by atoms with E-state index in [0.29, 0.717) is 35.2 Å². The van der Waals surface area contributed by atoms with E-state index in [1.54, 1.807) is 14.2 Å². The number of hydrogen-bond donors (Lipinski definition) is 2. The van der Waals surface area contributed by atoms with Crippen LogP contribution in [0.4, 0.5) is 0 Å². The maximum atomic E-state index is 7.14. The van der Waals surface area contributed by atoms with Crippen molar-refractivity contribution in [3.05, 3.63) is 82.5 Å². The fourth-order valence-electron chi connectivity index (χ4n) is 6.34. The maximum absolute atomic E-state index is 7.14. The Kier molecular flexibility index (Phi) is 10.8. The second-order valence-corrected chi connectivity index (χ2v) is 12.3. The molecule has 0 atom stereocenters. The van der Waals surface area contributed by atoms with Gasteiger partial charge in [0.2, 0.25) is 5.88 Å². The molecule has 6 rings (SSSR count). The smallest absolute Gasteiger partial charge is 0.218 e. The van der Waals surface area contributed by atoms with E-state index in [1.807, 2.05) is 24.4 Å². The highest BCUT2D eigenvalue weighted by Gasteiger charge is 2.19. The lowest BCUT2D eigenvalue weighted by Gasteiger charge is -2.23. The van der Waals surface area contributed by atoms with Gasteiger partial charge < -0.3 is 29.6 Å². The molecule has 9 heteroatoms. The van der Waals surface area contributed by atoms with Crippen LogP contribution in [0.3, 0.4) is 0 Å². The van der Waals surface area contributed by atoms with Crippen LogP contribution in [-0.4, -0.2) is 62.7 Å². The van der Waals surface area contributed by atoms with Gasteiger partial charge in [-0.15, -0.1) is 0 Å². The first-order chi connectivity index (χ1) is 22.6. The van der Waals surface area contributed by atoms with Crippen LogP contribution in [0.1, 0.15) is 42.4 Å². The van der Waals surface area contributed by atoms with E-state index < -0.39 is 0 Å². The fraction of sp³-hybridized carbons (Fsp3) is 0.405. The number of nitrogens with one attached hydrogen (secondary N) is 2. The van der Waals surface area contributed by atoms with Gasteiger partial charge in [0, 0.05) is 85.6 Å². The average Bonchev–Trinajstić information content (AvgIpc) is 3.11. The molecule has 0 aliphatic carbocycles. The molecule has 4 aromatic rings. The highest BCUT2D eigenvalue weighted by atomic mass is 35.5. The molecular weight excluding hydrogens is 600 g/mol. The monoisotopic (exact) mass is 642 g/mol. The number of pyridine rings is 2. The van der Waals surface area contributed by atoms with E-state index in [-0.39, 0.29) is 0 Å². The Balaban J connectivity index is 1.24. The largest absolute Gasteiger partial charge is 0.496 e. The Morgan fingerprint density at radius 3 is 2.11 bits per heavy atom. The fourth-order valence-corrected chi connectivity index (χ4v) is 6.66. The van der Waals surface area contributed by atoms with Gasteiger partial charge in [-0.25, -0.2) is 4.98 Å². The SMILES string of the molecule is COc1cc(-c2nccc(-c3cccc(-c4ccc(CNC5CCOCC5)c(OC)n4)c3C)c2Cl)ccc1CNC1CCOCC1. The van der Waals surface area contributed by atoms with Crippen LogP contribution in [0, 0.1) is 6.92 Å². The zero-order valence-corrected chi connectivity index (χ0v) is 27.7. The summed E-state index contributed by atoms with van der Waals surface area (Å²) in [6.07, 6.45) is 5.91. The second-order valence-electron chi connectivity index (χ2n) is 11.9. The summed E-state index contributed by atoms with van der Waals surface area (Å²) >= 11 is 7.14. The third kappa shape index (κ3) is 7.37. The summed E-state index contributed by atoms with van der Waals surface area (Å²) in [5.41, 5.74) is 8.66. The van der Waals surface area contributed by atoms with Crippen LogP contribution in [0.5, 0.6) is 11.6 Å². The summed E-state index contributed by atoms with van der Waals surface area (Å²) in [5, 5.41) is 7.88. The lowest BCUT2D eigenvalue weighted by atomic mass is 9.94. The van der Waals surface area contributed by atoms with Crippen LogP contribution < -0.4 is 20.1 Å². The van der Waals surface area contributed by atoms with E-state index in [0.717, 1.165) is 109 Å². The van der Waals surface area contributed by atoms with Gasteiger partial charge in [-0.1, -0.05) is 48.0 Å². The molecule has 0 unspecified atom stereocenters. The second kappa shape index (κ2) is 15.4. The number of rotatable bonds is 11. The Labute approximate surface area is 276 Å². The molecule has 0 spiro atoms. The maximum Gasteiger partial charge on any atom is 0.218 e. The number of halogens is 1. The minimum Gasteiger partial charge on any atom is -0.496 e. The number of methoxy groups -OCH3 is 2. The van der Waals surface area contributed by atoms with Crippen LogP contribution in [-0.2, 0) is 22.6 Å². The van der Waals surface area contributed by atoms with Crippen LogP contribution in [0.15, 0.2) is 60.8 Å². The normalized spacial score (nSPS) is 16.0. The van der Waals surface area contributed by atoms with Gasteiger partial charge in [-0.2, -0.15) is 0 Å². The molecule has 0 amide bonds. The lowest BCUT2D eigenvalue weighted by molar-refractivity contribution is 0.0774. The standard InChI is InChI=1S/C37H43ClN4O4/c1-24-30(5-4-6-31(24)33-10-9-27(37(42-33)44-3)23-41-29-14-19-46-20-15-29)32-11-16-39-36(35(32)38)25-7-8-26(34(21-25)43-2)22-40-28-12-17-45-18-13-28/h4-11,16,21,28-29,40-41H,12-15,17-20,22-23H2,1-3H3.